The largest absolute Gasteiger partial charge is 0.355 e. The molecule has 0 spiro atoms. The summed E-state index contributed by atoms with van der Waals surface area (Å²) in [6.07, 6.45) is 0. The summed E-state index contributed by atoms with van der Waals surface area (Å²) in [6, 6.07) is 5.76. The van der Waals surface area contributed by atoms with Crippen LogP contribution in [-0.2, 0) is 24.5 Å². The molecule has 90 valence electrons. The molecule has 0 heterocycles. The Morgan fingerprint density at radius 3 is 1.56 bits per heavy atom. The van der Waals surface area contributed by atoms with Gasteiger partial charge in [0.05, 0.1) is 0 Å². The first-order valence-corrected chi connectivity index (χ1v) is 6.70. The van der Waals surface area contributed by atoms with Crippen molar-refractivity contribution in [2.24, 2.45) is 0 Å². The number of hydrogen-bond donors (Lipinski definition) is 3. The zero-order valence-corrected chi connectivity index (χ0v) is 9.31. The lowest BCUT2D eigenvalue weighted by Gasteiger charge is -2.21. The highest BCUT2D eigenvalue weighted by Crippen LogP contribution is 2.31. The number of benzene rings is 1. The van der Waals surface area contributed by atoms with Crippen molar-refractivity contribution in [2.75, 3.05) is 0 Å². The van der Waals surface area contributed by atoms with Crippen molar-refractivity contribution in [2.45, 2.75) is 4.27 Å². The van der Waals surface area contributed by atoms with Gasteiger partial charge in [-0.2, -0.15) is 16.8 Å². The number of rotatable bonds is 3. The molecule has 0 aliphatic rings. The maximum atomic E-state index is 10.9. The fraction of sp³-hybridized carbons (Fsp3) is 0.143. The summed E-state index contributed by atoms with van der Waals surface area (Å²) in [5, 5.41) is 9.48. The van der Waals surface area contributed by atoms with E-state index in [9.17, 15) is 21.9 Å². The summed E-state index contributed by atoms with van der Waals surface area (Å²) >= 11 is 0. The van der Waals surface area contributed by atoms with Gasteiger partial charge in [-0.05, 0) is 0 Å². The van der Waals surface area contributed by atoms with E-state index in [1.807, 2.05) is 0 Å². The molecular weight excluding hydrogens is 260 g/mol. The van der Waals surface area contributed by atoms with Crippen LogP contribution in [0.15, 0.2) is 30.3 Å². The molecule has 0 bridgehead atoms. The van der Waals surface area contributed by atoms with E-state index in [1.165, 1.54) is 18.2 Å². The van der Waals surface area contributed by atoms with Crippen molar-refractivity contribution in [3.8, 4) is 0 Å². The Bertz CT molecular complexity index is 540. The van der Waals surface area contributed by atoms with Gasteiger partial charge >= 0.3 is 24.5 Å². The van der Waals surface area contributed by atoms with Gasteiger partial charge in [0.25, 0.3) is 0 Å². The van der Waals surface area contributed by atoms with Gasteiger partial charge in [0.15, 0.2) is 0 Å². The lowest BCUT2D eigenvalue weighted by Crippen LogP contribution is -2.42. The first kappa shape index (κ1) is 13.1. The molecule has 16 heavy (non-hydrogen) atoms. The highest BCUT2D eigenvalue weighted by Gasteiger charge is 2.54. The van der Waals surface area contributed by atoms with Gasteiger partial charge in [-0.3, -0.25) is 9.11 Å². The number of aliphatic hydroxyl groups is 1. The topological polar surface area (TPSA) is 129 Å². The summed E-state index contributed by atoms with van der Waals surface area (Å²) in [5.41, 5.74) is -0.681. The molecule has 0 saturated carbocycles. The van der Waals surface area contributed by atoms with Crippen LogP contribution in [-0.4, -0.2) is 31.0 Å². The van der Waals surface area contributed by atoms with Crippen molar-refractivity contribution in [3.05, 3.63) is 35.9 Å². The van der Waals surface area contributed by atoms with E-state index in [1.54, 1.807) is 0 Å². The van der Waals surface area contributed by atoms with Gasteiger partial charge in [-0.15, -0.1) is 0 Å². The molecule has 0 aliphatic carbocycles. The Hall–Kier alpha value is -1.00. The van der Waals surface area contributed by atoms with Crippen LogP contribution in [0.4, 0.5) is 0 Å². The lowest BCUT2D eigenvalue weighted by atomic mass is 10.2. The van der Waals surface area contributed by atoms with Crippen LogP contribution in [0.25, 0.3) is 0 Å². The SMILES string of the molecule is O=S(=O)(O)C(O)(c1ccccc1)S(=O)(=O)O. The second-order valence-corrected chi connectivity index (χ2v) is 6.24. The quantitative estimate of drug-likeness (QED) is 0.634. The molecule has 0 atom stereocenters. The van der Waals surface area contributed by atoms with Gasteiger partial charge in [-0.25, -0.2) is 0 Å². The van der Waals surface area contributed by atoms with Crippen molar-refractivity contribution >= 4 is 20.2 Å². The van der Waals surface area contributed by atoms with Crippen LogP contribution in [0.5, 0.6) is 0 Å². The van der Waals surface area contributed by atoms with Crippen molar-refractivity contribution in [1.29, 1.82) is 0 Å². The van der Waals surface area contributed by atoms with Crippen LogP contribution in [0.3, 0.4) is 0 Å². The van der Waals surface area contributed by atoms with E-state index in [2.05, 4.69) is 0 Å². The third kappa shape index (κ3) is 1.95. The second kappa shape index (κ2) is 3.79. The Kier molecular flexibility index (Phi) is 3.09. The highest BCUT2D eigenvalue weighted by atomic mass is 32.3. The minimum Gasteiger partial charge on any atom is -0.355 e. The Morgan fingerprint density at radius 1 is 0.875 bits per heavy atom. The predicted molar refractivity (Wildman–Crippen MR) is 53.4 cm³/mol. The molecule has 0 unspecified atom stereocenters. The molecule has 1 rings (SSSR count). The summed E-state index contributed by atoms with van der Waals surface area (Å²) in [4.78, 5) is 0. The summed E-state index contributed by atoms with van der Waals surface area (Å²) in [7, 11) is -10.9. The van der Waals surface area contributed by atoms with Crippen LogP contribution < -0.4 is 0 Å². The third-order valence-corrected chi connectivity index (χ3v) is 4.97. The van der Waals surface area contributed by atoms with E-state index in [0.29, 0.717) is 0 Å². The summed E-state index contributed by atoms with van der Waals surface area (Å²) in [5.74, 6) is 0. The maximum absolute atomic E-state index is 10.9. The van der Waals surface area contributed by atoms with Crippen molar-refractivity contribution < 1.29 is 31.0 Å². The monoisotopic (exact) mass is 268 g/mol. The van der Waals surface area contributed by atoms with Crippen LogP contribution >= 0.6 is 0 Å². The molecule has 0 aliphatic heterocycles. The summed E-state index contributed by atoms with van der Waals surface area (Å²) < 4.78 is 57.1. The Morgan fingerprint density at radius 2 is 1.25 bits per heavy atom. The fourth-order valence-corrected chi connectivity index (χ4v) is 3.01. The van der Waals surface area contributed by atoms with Crippen LogP contribution in [0.2, 0.25) is 0 Å². The minimum absolute atomic E-state index is 0.681. The van der Waals surface area contributed by atoms with Crippen molar-refractivity contribution in [1.82, 2.24) is 0 Å². The third-order valence-electron chi connectivity index (χ3n) is 1.84. The van der Waals surface area contributed by atoms with E-state index < -0.39 is 30.1 Å². The molecule has 1 aromatic rings. The fourth-order valence-electron chi connectivity index (χ4n) is 1.08. The molecule has 3 N–H and O–H groups in total. The normalized spacial score (nSPS) is 13.7. The van der Waals surface area contributed by atoms with Gasteiger partial charge in [0.2, 0.25) is 0 Å². The smallest absolute Gasteiger partial charge is 0.344 e. The predicted octanol–water partition coefficient (Wildman–Crippen LogP) is -0.435. The Labute approximate surface area is 91.8 Å². The van der Waals surface area contributed by atoms with E-state index in [-0.39, 0.29) is 0 Å². The number of hydrogen-bond acceptors (Lipinski definition) is 5. The highest BCUT2D eigenvalue weighted by molar-refractivity contribution is 8.04. The Balaban J connectivity index is 3.66. The van der Waals surface area contributed by atoms with Crippen LogP contribution in [0.1, 0.15) is 5.56 Å². The lowest BCUT2D eigenvalue weighted by molar-refractivity contribution is 0.178. The zero-order valence-electron chi connectivity index (χ0n) is 7.68. The van der Waals surface area contributed by atoms with Gasteiger partial charge < -0.3 is 5.11 Å². The van der Waals surface area contributed by atoms with Crippen molar-refractivity contribution in [3.63, 3.8) is 0 Å². The zero-order chi connectivity index (χ0) is 12.6. The molecule has 0 amide bonds. The first-order valence-electron chi connectivity index (χ1n) is 3.82. The second-order valence-electron chi connectivity index (χ2n) is 2.90. The molecule has 7 nitrogen and oxygen atoms in total. The standard InChI is InChI=1S/C7H8O7S2/c8-7(15(9,10)11,16(12,13)14)6-4-2-1-3-5-6/h1-5,8H,(H,9,10,11)(H,12,13,14). The molecule has 0 saturated heterocycles. The van der Waals surface area contributed by atoms with E-state index >= 15 is 0 Å². The molecule has 0 aromatic heterocycles. The minimum atomic E-state index is -5.46. The van der Waals surface area contributed by atoms with E-state index in [0.717, 1.165) is 12.1 Å². The van der Waals surface area contributed by atoms with Gasteiger partial charge in [0.1, 0.15) is 0 Å². The van der Waals surface area contributed by atoms with E-state index in [4.69, 9.17) is 9.11 Å². The average Bonchev–Trinajstić information content (AvgIpc) is 2.14. The average molecular weight is 268 g/mol. The van der Waals surface area contributed by atoms with Gasteiger partial charge in [0, 0.05) is 5.56 Å². The van der Waals surface area contributed by atoms with Gasteiger partial charge in [-0.1, -0.05) is 30.3 Å². The molecule has 9 heteroatoms. The molecular formula is C7H8O7S2. The molecule has 1 aromatic carbocycles. The van der Waals surface area contributed by atoms with Crippen LogP contribution in [0, 0.1) is 0 Å². The first-order chi connectivity index (χ1) is 7.11. The summed E-state index contributed by atoms with van der Waals surface area (Å²) in [6.45, 7) is 0. The molecule has 0 fully saturated rings. The maximum Gasteiger partial charge on any atom is 0.344 e. The molecule has 0 radical (unpaired) electrons.